The van der Waals surface area contributed by atoms with Gasteiger partial charge in [-0.1, -0.05) is 91.0 Å². The molecule has 0 saturated heterocycles. The first-order valence-corrected chi connectivity index (χ1v) is 15.8. The maximum atomic E-state index is 6.21. The Morgan fingerprint density at radius 1 is 0.565 bits per heavy atom. The number of fused-ring (bicyclic) bond motifs is 12. The number of rotatable bonds is 2. The zero-order valence-electron chi connectivity index (χ0n) is 24.8. The lowest BCUT2D eigenvalue weighted by Gasteiger charge is -2.24. The molecule has 4 nitrogen and oxygen atoms in total. The second kappa shape index (κ2) is 8.74. The third-order valence-corrected chi connectivity index (χ3v) is 9.98. The molecule has 0 fully saturated rings. The third kappa shape index (κ3) is 3.01. The van der Waals surface area contributed by atoms with Crippen molar-refractivity contribution in [3.8, 4) is 5.69 Å². The zero-order chi connectivity index (χ0) is 29.9. The van der Waals surface area contributed by atoms with Crippen LogP contribution in [0.1, 0.15) is 6.04 Å². The minimum absolute atomic E-state index is 0.0288. The number of hydrogen-bond donors (Lipinski definition) is 0. The van der Waals surface area contributed by atoms with E-state index in [1.807, 2.05) is 12.1 Å². The highest BCUT2D eigenvalue weighted by Crippen LogP contribution is 2.47. The molecule has 1 atom stereocenters. The summed E-state index contributed by atoms with van der Waals surface area (Å²) in [5.41, 5.74) is 11.5. The van der Waals surface area contributed by atoms with Gasteiger partial charge < -0.3 is 13.6 Å². The summed E-state index contributed by atoms with van der Waals surface area (Å²) in [7, 11) is 0. The van der Waals surface area contributed by atoms with Crippen molar-refractivity contribution in [3.05, 3.63) is 152 Å². The standard InChI is InChI=1S/C42H26N3O/c1-2-11-26(12-3-1)43-33-16-6-4-14-31(33)40-36(43)23-22-30-29-15-10-19-37-41(29)45(42(30)40)35-18-8-7-17-34(35)44(37)27-21-24-39-32(25-27)28-13-5-9-20-38(28)46-39/h1-25,35H/q+1. The Kier molecular flexibility index (Phi) is 4.60. The molecule has 1 aliphatic heterocycles. The molecule has 2 aliphatic rings. The summed E-state index contributed by atoms with van der Waals surface area (Å²) < 4.78 is 13.7. The maximum absolute atomic E-state index is 6.21. The summed E-state index contributed by atoms with van der Waals surface area (Å²) in [5, 5.41) is 7.38. The molecule has 4 heteroatoms. The first kappa shape index (κ1) is 24.2. The molecular formula is C42H26N3O+. The molecule has 0 amide bonds. The van der Waals surface area contributed by atoms with Crippen LogP contribution in [0.25, 0.3) is 71.2 Å². The van der Waals surface area contributed by atoms with Crippen molar-refractivity contribution >= 4 is 82.6 Å². The molecule has 0 spiro atoms. The molecule has 4 heterocycles. The van der Waals surface area contributed by atoms with E-state index in [0.29, 0.717) is 0 Å². The zero-order valence-corrected chi connectivity index (χ0v) is 24.8. The molecule has 6 aromatic carbocycles. The van der Waals surface area contributed by atoms with E-state index in [1.165, 1.54) is 60.7 Å². The molecule has 0 bridgehead atoms. The number of aromatic nitrogens is 2. The van der Waals surface area contributed by atoms with Gasteiger partial charge in [0.15, 0.2) is 0 Å². The molecule has 1 aliphatic carbocycles. The van der Waals surface area contributed by atoms with Crippen LogP contribution in [0.2, 0.25) is 0 Å². The number of furan rings is 1. The quantitative estimate of drug-likeness (QED) is 0.185. The first-order chi connectivity index (χ1) is 22.8. The van der Waals surface area contributed by atoms with E-state index >= 15 is 0 Å². The van der Waals surface area contributed by atoms with Crippen molar-refractivity contribution in [1.82, 2.24) is 13.7 Å². The van der Waals surface area contributed by atoms with Crippen LogP contribution in [0, 0.1) is 0 Å². The van der Waals surface area contributed by atoms with Gasteiger partial charge in [-0.25, -0.2) is 0 Å². The second-order valence-corrected chi connectivity index (χ2v) is 12.3. The van der Waals surface area contributed by atoms with Gasteiger partial charge in [0.25, 0.3) is 0 Å². The van der Waals surface area contributed by atoms with Gasteiger partial charge in [-0.3, -0.25) is 0 Å². The lowest BCUT2D eigenvalue weighted by Crippen LogP contribution is -2.30. The van der Waals surface area contributed by atoms with Crippen molar-refractivity contribution in [2.75, 3.05) is 0 Å². The smallest absolute Gasteiger partial charge is 0.235 e. The molecule has 9 aromatic rings. The largest absolute Gasteiger partial charge is 0.456 e. The van der Waals surface area contributed by atoms with E-state index < -0.39 is 0 Å². The van der Waals surface area contributed by atoms with Gasteiger partial charge >= 0.3 is 0 Å². The fraction of sp³-hybridized carbons (Fsp3) is 0.0238. The average molecular weight is 589 g/mol. The number of allylic oxidation sites excluding steroid dienone is 4. The van der Waals surface area contributed by atoms with Crippen LogP contribution in [-0.2, 0) is 0 Å². The van der Waals surface area contributed by atoms with Gasteiger partial charge in [0.1, 0.15) is 22.7 Å². The van der Waals surface area contributed by atoms with Gasteiger partial charge in [0, 0.05) is 62.3 Å². The Balaban J connectivity index is 1.28. The van der Waals surface area contributed by atoms with Crippen LogP contribution in [0.15, 0.2) is 156 Å². The summed E-state index contributed by atoms with van der Waals surface area (Å²) >= 11 is 0. The molecule has 3 aromatic heterocycles. The normalized spacial score (nSPS) is 15.8. The minimum atomic E-state index is 0.0288. The predicted octanol–water partition coefficient (Wildman–Crippen LogP) is 10.7. The van der Waals surface area contributed by atoms with Crippen molar-refractivity contribution < 1.29 is 4.42 Å². The van der Waals surface area contributed by atoms with Crippen molar-refractivity contribution in [3.63, 3.8) is 0 Å². The Hall–Kier alpha value is -6.13. The summed E-state index contributed by atoms with van der Waals surface area (Å²) in [5.74, 6) is 0. The van der Waals surface area contributed by atoms with Gasteiger partial charge in [-0.2, -0.15) is 4.58 Å². The van der Waals surface area contributed by atoms with Crippen molar-refractivity contribution in [1.29, 1.82) is 0 Å². The van der Waals surface area contributed by atoms with Crippen molar-refractivity contribution in [2.45, 2.75) is 6.04 Å². The molecular weight excluding hydrogens is 562 g/mol. The fourth-order valence-corrected chi connectivity index (χ4v) is 8.16. The predicted molar refractivity (Wildman–Crippen MR) is 191 cm³/mol. The Morgan fingerprint density at radius 2 is 1.35 bits per heavy atom. The molecule has 11 rings (SSSR count). The number of benzene rings is 6. The Labute approximate surface area is 263 Å². The SMILES string of the molecule is C1=CC2=[N+](c3ccc4oc5ccccc5c4c3)c3cccc4c5ccc6c(c7ccccc7n6-c6ccccc6)c5n(c34)C2C=C1. The number of hydrogen-bond acceptors (Lipinski definition) is 1. The highest BCUT2D eigenvalue weighted by Gasteiger charge is 2.38. The highest BCUT2D eigenvalue weighted by atomic mass is 16.3. The highest BCUT2D eigenvalue weighted by molar-refractivity contribution is 6.28. The minimum Gasteiger partial charge on any atom is -0.456 e. The van der Waals surface area contributed by atoms with E-state index in [-0.39, 0.29) is 6.04 Å². The second-order valence-electron chi connectivity index (χ2n) is 12.3. The van der Waals surface area contributed by atoms with E-state index in [9.17, 15) is 0 Å². The maximum Gasteiger partial charge on any atom is 0.235 e. The van der Waals surface area contributed by atoms with E-state index in [0.717, 1.165) is 27.6 Å². The van der Waals surface area contributed by atoms with Gasteiger partial charge in [0.2, 0.25) is 17.1 Å². The summed E-state index contributed by atoms with van der Waals surface area (Å²) in [4.78, 5) is 0. The van der Waals surface area contributed by atoms with Gasteiger partial charge in [0.05, 0.1) is 16.6 Å². The van der Waals surface area contributed by atoms with E-state index in [2.05, 4.69) is 153 Å². The van der Waals surface area contributed by atoms with Gasteiger partial charge in [-0.15, -0.1) is 0 Å². The third-order valence-electron chi connectivity index (χ3n) is 9.98. The number of nitrogens with zero attached hydrogens (tertiary/aromatic N) is 3. The monoisotopic (exact) mass is 588 g/mol. The summed E-state index contributed by atoms with van der Waals surface area (Å²) in [6.45, 7) is 0. The molecule has 0 N–H and O–H groups in total. The molecule has 214 valence electrons. The first-order valence-electron chi connectivity index (χ1n) is 15.8. The van der Waals surface area contributed by atoms with Crippen LogP contribution < -0.4 is 4.58 Å². The van der Waals surface area contributed by atoms with Crippen LogP contribution >= 0.6 is 0 Å². The average Bonchev–Trinajstić information content (AvgIpc) is 3.77. The van der Waals surface area contributed by atoms with Gasteiger partial charge in [-0.05, 0) is 36.4 Å². The van der Waals surface area contributed by atoms with Crippen LogP contribution in [0.3, 0.4) is 0 Å². The molecule has 0 saturated carbocycles. The lowest BCUT2D eigenvalue weighted by molar-refractivity contribution is 0.669. The summed E-state index contributed by atoms with van der Waals surface area (Å²) in [6, 6.07) is 45.9. The molecule has 1 unspecified atom stereocenters. The Bertz CT molecular complexity index is 2860. The van der Waals surface area contributed by atoms with Crippen LogP contribution in [-0.4, -0.2) is 14.8 Å². The molecule has 0 radical (unpaired) electrons. The fourth-order valence-electron chi connectivity index (χ4n) is 8.16. The van der Waals surface area contributed by atoms with Crippen LogP contribution in [0.4, 0.5) is 11.4 Å². The topological polar surface area (TPSA) is 26.0 Å². The summed E-state index contributed by atoms with van der Waals surface area (Å²) in [6.07, 6.45) is 8.98. The van der Waals surface area contributed by atoms with E-state index in [1.54, 1.807) is 0 Å². The molecule has 46 heavy (non-hydrogen) atoms. The Morgan fingerprint density at radius 3 is 2.28 bits per heavy atom. The lowest BCUT2D eigenvalue weighted by atomic mass is 10.0. The van der Waals surface area contributed by atoms with E-state index in [4.69, 9.17) is 4.42 Å². The van der Waals surface area contributed by atoms with Crippen LogP contribution in [0.5, 0.6) is 0 Å². The number of para-hydroxylation sites is 4. The van der Waals surface area contributed by atoms with Crippen molar-refractivity contribution in [2.24, 2.45) is 0 Å².